The maximum Gasteiger partial charge on any atom is 0.159 e. The Labute approximate surface area is 165 Å². The maximum absolute atomic E-state index is 6.05. The highest BCUT2D eigenvalue weighted by molar-refractivity contribution is 9.10. The van der Waals surface area contributed by atoms with E-state index in [9.17, 15) is 0 Å². The van der Waals surface area contributed by atoms with Crippen LogP contribution in [0.3, 0.4) is 0 Å². The molecule has 0 atom stereocenters. The highest BCUT2D eigenvalue weighted by Crippen LogP contribution is 2.31. The van der Waals surface area contributed by atoms with Crippen LogP contribution in [-0.4, -0.2) is 16.6 Å². The van der Waals surface area contributed by atoms with Crippen LogP contribution < -0.4 is 4.74 Å². The second-order valence-corrected chi connectivity index (χ2v) is 8.19. The van der Waals surface area contributed by atoms with Crippen molar-refractivity contribution in [1.82, 2.24) is 9.97 Å². The predicted molar refractivity (Wildman–Crippen MR) is 110 cm³/mol. The molecule has 1 aromatic carbocycles. The highest BCUT2D eigenvalue weighted by atomic mass is 79.9. The van der Waals surface area contributed by atoms with Crippen LogP contribution in [0.25, 0.3) is 11.4 Å². The molecule has 0 bridgehead atoms. The van der Waals surface area contributed by atoms with E-state index in [0.717, 1.165) is 34.6 Å². The monoisotopic (exact) mass is 416 g/mol. The van der Waals surface area contributed by atoms with Crippen molar-refractivity contribution < 1.29 is 4.74 Å². The zero-order chi connectivity index (χ0) is 18.2. The smallest absolute Gasteiger partial charge is 0.159 e. The van der Waals surface area contributed by atoms with Gasteiger partial charge in [-0.25, -0.2) is 9.97 Å². The molecule has 4 heteroatoms. The molecule has 3 nitrogen and oxygen atoms in total. The minimum absolute atomic E-state index is 0.707. The Balaban J connectivity index is 1.59. The first-order chi connectivity index (χ1) is 12.8. The molecule has 0 spiro atoms. The first kappa shape index (κ1) is 19.3. The first-order valence-electron chi connectivity index (χ1n) is 10.00. The molecule has 3 rings (SSSR count). The first-order valence-corrected chi connectivity index (χ1v) is 10.8. The summed E-state index contributed by atoms with van der Waals surface area (Å²) >= 11 is 3.65. The Kier molecular flexibility index (Phi) is 7.48. The average molecular weight is 417 g/mol. The number of aryl methyl sites for hydroxylation is 1. The number of hydrogen-bond acceptors (Lipinski definition) is 3. The SMILES string of the molecule is CCCCCc1cnc(-c2ccc(OCC3CCCCC3)c(Br)c2)nc1. The number of aromatic nitrogens is 2. The van der Waals surface area contributed by atoms with Crippen LogP contribution in [0, 0.1) is 5.92 Å². The second-order valence-electron chi connectivity index (χ2n) is 7.33. The molecule has 26 heavy (non-hydrogen) atoms. The van der Waals surface area contributed by atoms with E-state index >= 15 is 0 Å². The Morgan fingerprint density at radius 1 is 1.08 bits per heavy atom. The van der Waals surface area contributed by atoms with Gasteiger partial charge in [-0.1, -0.05) is 39.0 Å². The van der Waals surface area contributed by atoms with Crippen LogP contribution in [0.4, 0.5) is 0 Å². The number of rotatable bonds is 8. The van der Waals surface area contributed by atoms with Gasteiger partial charge in [-0.15, -0.1) is 0 Å². The lowest BCUT2D eigenvalue weighted by Gasteiger charge is -2.22. The molecule has 1 heterocycles. The molecular formula is C22H29BrN2O. The van der Waals surface area contributed by atoms with E-state index in [1.807, 2.05) is 24.5 Å². The van der Waals surface area contributed by atoms with E-state index in [1.165, 1.54) is 56.9 Å². The number of unbranched alkanes of at least 4 members (excludes halogenated alkanes) is 2. The normalized spacial score (nSPS) is 15.2. The van der Waals surface area contributed by atoms with Crippen molar-refractivity contribution >= 4 is 15.9 Å². The number of nitrogens with zero attached hydrogens (tertiary/aromatic N) is 2. The summed E-state index contributed by atoms with van der Waals surface area (Å²) < 4.78 is 7.03. The van der Waals surface area contributed by atoms with Crippen molar-refractivity contribution in [2.75, 3.05) is 6.61 Å². The van der Waals surface area contributed by atoms with Gasteiger partial charge in [0.1, 0.15) is 5.75 Å². The maximum atomic E-state index is 6.05. The van der Waals surface area contributed by atoms with Gasteiger partial charge in [-0.3, -0.25) is 0 Å². The summed E-state index contributed by atoms with van der Waals surface area (Å²) in [7, 11) is 0. The highest BCUT2D eigenvalue weighted by Gasteiger charge is 2.15. The lowest BCUT2D eigenvalue weighted by molar-refractivity contribution is 0.208. The molecule has 0 unspecified atom stereocenters. The Bertz CT molecular complexity index is 681. The van der Waals surface area contributed by atoms with Crippen LogP contribution in [0.1, 0.15) is 63.9 Å². The summed E-state index contributed by atoms with van der Waals surface area (Å²) in [6, 6.07) is 6.14. The van der Waals surface area contributed by atoms with E-state index in [1.54, 1.807) is 0 Å². The van der Waals surface area contributed by atoms with Gasteiger partial charge >= 0.3 is 0 Å². The quantitative estimate of drug-likeness (QED) is 0.454. The molecule has 1 aliphatic rings. The molecule has 1 aromatic heterocycles. The van der Waals surface area contributed by atoms with E-state index in [-0.39, 0.29) is 0 Å². The minimum Gasteiger partial charge on any atom is -0.492 e. The number of benzene rings is 1. The fourth-order valence-corrected chi connectivity index (χ4v) is 4.02. The predicted octanol–water partition coefficient (Wildman–Crippen LogP) is 6.60. The van der Waals surface area contributed by atoms with Crippen molar-refractivity contribution in [2.45, 2.75) is 64.7 Å². The van der Waals surface area contributed by atoms with Gasteiger partial charge in [0, 0.05) is 18.0 Å². The standard InChI is InChI=1S/C22H29BrN2O/c1-2-3-5-10-18-14-24-22(25-15-18)19-11-12-21(20(23)13-19)26-16-17-8-6-4-7-9-17/h11-15,17H,2-10,16H2,1H3. The van der Waals surface area contributed by atoms with Gasteiger partial charge < -0.3 is 4.74 Å². The van der Waals surface area contributed by atoms with Gasteiger partial charge in [-0.05, 0) is 71.3 Å². The number of ether oxygens (including phenoxy) is 1. The lowest BCUT2D eigenvalue weighted by Crippen LogP contribution is -2.15. The molecule has 2 aromatic rings. The third-order valence-corrected chi connectivity index (χ3v) is 5.78. The molecule has 0 radical (unpaired) electrons. The van der Waals surface area contributed by atoms with E-state index in [4.69, 9.17) is 4.74 Å². The average Bonchev–Trinajstić information content (AvgIpc) is 2.68. The summed E-state index contributed by atoms with van der Waals surface area (Å²) in [6.45, 7) is 3.04. The molecule has 0 N–H and O–H groups in total. The van der Waals surface area contributed by atoms with Gasteiger partial charge in [0.15, 0.2) is 5.82 Å². The minimum atomic E-state index is 0.707. The topological polar surface area (TPSA) is 35.0 Å². The van der Waals surface area contributed by atoms with Crippen LogP contribution in [0.2, 0.25) is 0 Å². The molecule has 1 fully saturated rings. The van der Waals surface area contributed by atoms with E-state index < -0.39 is 0 Å². The number of hydrogen-bond donors (Lipinski definition) is 0. The third kappa shape index (κ3) is 5.54. The summed E-state index contributed by atoms with van der Waals surface area (Å²) in [5, 5.41) is 0. The van der Waals surface area contributed by atoms with Crippen molar-refractivity contribution in [3.05, 3.63) is 40.6 Å². The molecule has 140 valence electrons. The molecule has 1 aliphatic carbocycles. The molecule has 1 saturated carbocycles. The Morgan fingerprint density at radius 2 is 1.85 bits per heavy atom. The van der Waals surface area contributed by atoms with Gasteiger partial charge in [0.05, 0.1) is 11.1 Å². The summed E-state index contributed by atoms with van der Waals surface area (Å²) in [5.41, 5.74) is 2.23. The third-order valence-electron chi connectivity index (χ3n) is 5.16. The fraction of sp³-hybridized carbons (Fsp3) is 0.545. The van der Waals surface area contributed by atoms with Crippen molar-refractivity contribution in [2.24, 2.45) is 5.92 Å². The van der Waals surface area contributed by atoms with Crippen LogP contribution in [0.15, 0.2) is 35.1 Å². The van der Waals surface area contributed by atoms with Gasteiger partial charge in [0.2, 0.25) is 0 Å². The van der Waals surface area contributed by atoms with Crippen LogP contribution in [0.5, 0.6) is 5.75 Å². The molecule has 0 saturated heterocycles. The van der Waals surface area contributed by atoms with Crippen molar-refractivity contribution in [3.63, 3.8) is 0 Å². The van der Waals surface area contributed by atoms with Crippen LogP contribution >= 0.6 is 15.9 Å². The zero-order valence-corrected chi connectivity index (χ0v) is 17.3. The molecule has 0 amide bonds. The van der Waals surface area contributed by atoms with E-state index in [2.05, 4.69) is 38.9 Å². The fourth-order valence-electron chi connectivity index (χ4n) is 3.53. The second kappa shape index (κ2) is 10.1. The van der Waals surface area contributed by atoms with Crippen molar-refractivity contribution in [1.29, 1.82) is 0 Å². The summed E-state index contributed by atoms with van der Waals surface area (Å²) in [5.74, 6) is 2.39. The summed E-state index contributed by atoms with van der Waals surface area (Å²) in [6.07, 6.45) is 15.4. The zero-order valence-electron chi connectivity index (χ0n) is 15.7. The Morgan fingerprint density at radius 3 is 2.54 bits per heavy atom. The largest absolute Gasteiger partial charge is 0.492 e. The lowest BCUT2D eigenvalue weighted by atomic mass is 9.90. The number of halogens is 1. The molecular weight excluding hydrogens is 388 g/mol. The van der Waals surface area contributed by atoms with E-state index in [0.29, 0.717) is 5.92 Å². The summed E-state index contributed by atoms with van der Waals surface area (Å²) in [4.78, 5) is 9.09. The van der Waals surface area contributed by atoms with Crippen LogP contribution in [-0.2, 0) is 6.42 Å². The van der Waals surface area contributed by atoms with Gasteiger partial charge in [-0.2, -0.15) is 0 Å². The molecule has 0 aliphatic heterocycles. The Hall–Kier alpha value is -1.42. The van der Waals surface area contributed by atoms with Crippen molar-refractivity contribution in [3.8, 4) is 17.1 Å². The van der Waals surface area contributed by atoms with Gasteiger partial charge in [0.25, 0.3) is 0 Å².